The highest BCUT2D eigenvalue weighted by atomic mass is 35.5. The second kappa shape index (κ2) is 5.93. The van der Waals surface area contributed by atoms with E-state index in [4.69, 9.17) is 21.1 Å². The van der Waals surface area contributed by atoms with Crippen LogP contribution >= 0.6 is 11.6 Å². The van der Waals surface area contributed by atoms with E-state index in [0.717, 1.165) is 5.56 Å². The molecule has 2 rings (SSSR count). The summed E-state index contributed by atoms with van der Waals surface area (Å²) in [5, 5.41) is 6.27. The van der Waals surface area contributed by atoms with Crippen molar-refractivity contribution in [1.29, 1.82) is 0 Å². The zero-order valence-electron chi connectivity index (χ0n) is 10.0. The summed E-state index contributed by atoms with van der Waals surface area (Å²) in [5.74, 6) is 0.708. The monoisotopic (exact) mass is 270 g/mol. The van der Waals surface area contributed by atoms with Gasteiger partial charge in [0, 0.05) is 17.1 Å². The normalized spacial score (nSPS) is 18.3. The molecule has 1 aliphatic rings. The molecule has 0 radical (unpaired) electrons. The van der Waals surface area contributed by atoms with E-state index in [-0.39, 0.29) is 6.10 Å². The highest BCUT2D eigenvalue weighted by Gasteiger charge is 2.23. The van der Waals surface area contributed by atoms with Crippen molar-refractivity contribution in [2.45, 2.75) is 12.6 Å². The molecule has 0 saturated carbocycles. The molecule has 2 N–H and O–H groups in total. The molecule has 1 fully saturated rings. The van der Waals surface area contributed by atoms with Crippen molar-refractivity contribution in [3.05, 3.63) is 28.8 Å². The Bertz CT molecular complexity index is 439. The number of carbonyl (C=O) groups excluding carboxylic acids is 1. The van der Waals surface area contributed by atoms with Crippen molar-refractivity contribution < 1.29 is 14.3 Å². The maximum Gasteiger partial charge on any atom is 0.407 e. The topological polar surface area (TPSA) is 59.6 Å². The number of hydrogen-bond donors (Lipinski definition) is 2. The van der Waals surface area contributed by atoms with Crippen LogP contribution in [0.25, 0.3) is 0 Å². The van der Waals surface area contributed by atoms with E-state index >= 15 is 0 Å². The van der Waals surface area contributed by atoms with E-state index in [9.17, 15) is 4.79 Å². The van der Waals surface area contributed by atoms with E-state index in [1.165, 1.54) is 0 Å². The van der Waals surface area contributed by atoms with Crippen molar-refractivity contribution in [2.75, 3.05) is 20.2 Å². The summed E-state index contributed by atoms with van der Waals surface area (Å²) >= 11 is 6.11. The van der Waals surface area contributed by atoms with Gasteiger partial charge >= 0.3 is 6.09 Å². The van der Waals surface area contributed by atoms with Crippen molar-refractivity contribution in [1.82, 2.24) is 10.6 Å². The van der Waals surface area contributed by atoms with Gasteiger partial charge in [-0.15, -0.1) is 0 Å². The Morgan fingerprint density at radius 2 is 2.44 bits per heavy atom. The highest BCUT2D eigenvalue weighted by Crippen LogP contribution is 2.26. The lowest BCUT2D eigenvalue weighted by molar-refractivity contribution is 0.104. The molecule has 1 atom stereocenters. The molecule has 1 heterocycles. The molecular formula is C12H15ClN2O3. The molecule has 0 aromatic heterocycles. The maximum absolute atomic E-state index is 10.9. The summed E-state index contributed by atoms with van der Waals surface area (Å²) in [6.07, 6.45) is -0.649. The molecule has 1 aromatic carbocycles. The first kappa shape index (κ1) is 13.0. The largest absolute Gasteiger partial charge is 0.489 e. The number of amides is 1. The Hall–Kier alpha value is -1.46. The van der Waals surface area contributed by atoms with Crippen LogP contribution in [0.4, 0.5) is 4.79 Å². The van der Waals surface area contributed by atoms with Crippen LogP contribution in [0.5, 0.6) is 5.75 Å². The SMILES string of the molecule is CNCc1c(Cl)cccc1OCC1CNC(=O)O1. The molecule has 0 aliphatic carbocycles. The summed E-state index contributed by atoms with van der Waals surface area (Å²) in [7, 11) is 1.84. The number of benzene rings is 1. The molecule has 6 heteroatoms. The van der Waals surface area contributed by atoms with Crippen LogP contribution in [-0.2, 0) is 11.3 Å². The van der Waals surface area contributed by atoms with Crippen LogP contribution in [0, 0.1) is 0 Å². The predicted molar refractivity (Wildman–Crippen MR) is 68.0 cm³/mol. The van der Waals surface area contributed by atoms with E-state index in [1.807, 2.05) is 25.2 Å². The quantitative estimate of drug-likeness (QED) is 0.852. The van der Waals surface area contributed by atoms with Gasteiger partial charge in [-0.2, -0.15) is 0 Å². The van der Waals surface area contributed by atoms with Gasteiger partial charge in [0.2, 0.25) is 0 Å². The van der Waals surface area contributed by atoms with Gasteiger partial charge < -0.3 is 20.1 Å². The Balaban J connectivity index is 2.00. The van der Waals surface area contributed by atoms with Crippen LogP contribution in [0.1, 0.15) is 5.56 Å². The van der Waals surface area contributed by atoms with E-state index in [1.54, 1.807) is 0 Å². The second-order valence-corrected chi connectivity index (χ2v) is 4.37. The fourth-order valence-corrected chi connectivity index (χ4v) is 1.96. The number of nitrogens with one attached hydrogen (secondary N) is 2. The molecule has 18 heavy (non-hydrogen) atoms. The van der Waals surface area contributed by atoms with Gasteiger partial charge in [-0.05, 0) is 19.2 Å². The molecule has 1 unspecified atom stereocenters. The average molecular weight is 271 g/mol. The Labute approximate surface area is 110 Å². The van der Waals surface area contributed by atoms with Crippen LogP contribution in [0.15, 0.2) is 18.2 Å². The number of rotatable bonds is 5. The lowest BCUT2D eigenvalue weighted by Gasteiger charge is -2.14. The molecular weight excluding hydrogens is 256 g/mol. The van der Waals surface area contributed by atoms with Gasteiger partial charge in [-0.25, -0.2) is 4.79 Å². The minimum absolute atomic E-state index is 0.251. The molecule has 0 spiro atoms. The van der Waals surface area contributed by atoms with Gasteiger partial charge in [0.15, 0.2) is 6.10 Å². The first-order valence-electron chi connectivity index (χ1n) is 5.70. The number of cyclic esters (lactones) is 1. The fourth-order valence-electron chi connectivity index (χ4n) is 1.73. The van der Waals surface area contributed by atoms with Gasteiger partial charge in [0.25, 0.3) is 0 Å². The number of ether oxygens (including phenoxy) is 2. The first-order valence-corrected chi connectivity index (χ1v) is 6.07. The smallest absolute Gasteiger partial charge is 0.407 e. The van der Waals surface area contributed by atoms with Gasteiger partial charge in [0.05, 0.1) is 6.54 Å². The Morgan fingerprint density at radius 1 is 1.61 bits per heavy atom. The third-order valence-electron chi connectivity index (χ3n) is 2.60. The fraction of sp³-hybridized carbons (Fsp3) is 0.417. The highest BCUT2D eigenvalue weighted by molar-refractivity contribution is 6.31. The lowest BCUT2D eigenvalue weighted by Crippen LogP contribution is -2.22. The molecule has 1 aromatic rings. The molecule has 5 nitrogen and oxygen atoms in total. The van der Waals surface area contributed by atoms with Crippen LogP contribution in [0.2, 0.25) is 5.02 Å². The summed E-state index contributed by atoms with van der Waals surface area (Å²) in [6, 6.07) is 5.50. The summed E-state index contributed by atoms with van der Waals surface area (Å²) in [5.41, 5.74) is 0.902. The standard InChI is InChI=1S/C12H15ClN2O3/c1-14-6-9-10(13)3-2-4-11(9)17-7-8-5-15-12(16)18-8/h2-4,8,14H,5-7H2,1H3,(H,15,16). The number of carbonyl (C=O) groups is 1. The average Bonchev–Trinajstić information content (AvgIpc) is 2.76. The van der Waals surface area contributed by atoms with E-state index in [2.05, 4.69) is 10.6 Å². The molecule has 98 valence electrons. The Kier molecular flexibility index (Phi) is 4.28. The second-order valence-electron chi connectivity index (χ2n) is 3.97. The third kappa shape index (κ3) is 3.05. The minimum atomic E-state index is -0.398. The maximum atomic E-state index is 10.9. The van der Waals surface area contributed by atoms with Gasteiger partial charge in [0.1, 0.15) is 12.4 Å². The number of halogens is 1. The summed E-state index contributed by atoms with van der Waals surface area (Å²) in [4.78, 5) is 10.9. The zero-order chi connectivity index (χ0) is 13.0. The number of hydrogen-bond acceptors (Lipinski definition) is 4. The van der Waals surface area contributed by atoms with Crippen LogP contribution in [-0.4, -0.2) is 32.4 Å². The lowest BCUT2D eigenvalue weighted by atomic mass is 10.2. The van der Waals surface area contributed by atoms with Crippen LogP contribution < -0.4 is 15.4 Å². The minimum Gasteiger partial charge on any atom is -0.489 e. The van der Waals surface area contributed by atoms with Crippen LogP contribution in [0.3, 0.4) is 0 Å². The van der Waals surface area contributed by atoms with Crippen molar-refractivity contribution in [3.63, 3.8) is 0 Å². The summed E-state index contributed by atoms with van der Waals surface area (Å²) in [6.45, 7) is 1.41. The first-order chi connectivity index (χ1) is 8.70. The molecule has 1 saturated heterocycles. The van der Waals surface area contributed by atoms with Gasteiger partial charge in [-0.3, -0.25) is 0 Å². The Morgan fingerprint density at radius 3 is 3.11 bits per heavy atom. The van der Waals surface area contributed by atoms with Crippen molar-refractivity contribution in [2.24, 2.45) is 0 Å². The molecule has 0 bridgehead atoms. The zero-order valence-corrected chi connectivity index (χ0v) is 10.8. The van der Waals surface area contributed by atoms with Crippen molar-refractivity contribution >= 4 is 17.7 Å². The van der Waals surface area contributed by atoms with E-state index < -0.39 is 6.09 Å². The summed E-state index contributed by atoms with van der Waals surface area (Å²) < 4.78 is 10.7. The number of alkyl carbamates (subject to hydrolysis) is 1. The third-order valence-corrected chi connectivity index (χ3v) is 2.96. The molecule has 1 amide bonds. The van der Waals surface area contributed by atoms with Gasteiger partial charge in [-0.1, -0.05) is 17.7 Å². The van der Waals surface area contributed by atoms with E-state index in [0.29, 0.717) is 30.5 Å². The van der Waals surface area contributed by atoms with Crippen molar-refractivity contribution in [3.8, 4) is 5.75 Å². The predicted octanol–water partition coefficient (Wildman–Crippen LogP) is 1.55. The molecule has 1 aliphatic heterocycles.